The smallest absolute Gasteiger partial charge is 0.288 e. The summed E-state index contributed by atoms with van der Waals surface area (Å²) in [6.07, 6.45) is 2.95. The number of piperidine rings is 1. The average Bonchev–Trinajstić information content (AvgIpc) is 2.71. The molecule has 1 aromatic heterocycles. The lowest BCUT2D eigenvalue weighted by atomic mass is 9.96. The molecule has 0 bridgehead atoms. The second-order valence-corrected chi connectivity index (χ2v) is 8.83. The highest BCUT2D eigenvalue weighted by atomic mass is 79.9. The first kappa shape index (κ1) is 22.6. The largest absolute Gasteiger partial charge is 0.325 e. The van der Waals surface area contributed by atoms with E-state index >= 15 is 0 Å². The Labute approximate surface area is 185 Å². The molecule has 3 rings (SSSR count). The Bertz CT molecular complexity index is 860. The van der Waals surface area contributed by atoms with Gasteiger partial charge in [0, 0.05) is 27.2 Å². The van der Waals surface area contributed by atoms with Gasteiger partial charge in [-0.1, -0.05) is 11.8 Å². The number of halogens is 3. The summed E-state index contributed by atoms with van der Waals surface area (Å²) in [6.45, 7) is 1.50. The summed E-state index contributed by atoms with van der Waals surface area (Å²) in [5.74, 6) is -2.30. The number of alkyl halides is 2. The van der Waals surface area contributed by atoms with Crippen molar-refractivity contribution in [3.05, 3.63) is 47.1 Å². The van der Waals surface area contributed by atoms with E-state index < -0.39 is 5.76 Å². The summed E-state index contributed by atoms with van der Waals surface area (Å²) in [6, 6.07) is 9.87. The fraction of sp³-hybridized carbons (Fsp3) is 0.350. The van der Waals surface area contributed by atoms with Gasteiger partial charge < -0.3 is 10.6 Å². The van der Waals surface area contributed by atoms with Crippen LogP contribution in [0, 0.1) is 5.92 Å². The van der Waals surface area contributed by atoms with E-state index in [-0.39, 0.29) is 24.3 Å². The number of carbonyl (C=O) groups is 2. The van der Waals surface area contributed by atoms with Gasteiger partial charge in [-0.15, -0.1) is 0 Å². The van der Waals surface area contributed by atoms with Gasteiger partial charge in [-0.05, 0) is 78.3 Å². The van der Waals surface area contributed by atoms with Gasteiger partial charge in [-0.25, -0.2) is 4.98 Å². The van der Waals surface area contributed by atoms with Crippen molar-refractivity contribution in [3.8, 4) is 0 Å². The highest BCUT2D eigenvalue weighted by molar-refractivity contribution is 9.10. The van der Waals surface area contributed by atoms with Crippen molar-refractivity contribution in [3.63, 3.8) is 0 Å². The lowest BCUT2D eigenvalue weighted by Gasteiger charge is -2.30. The number of nitrogens with one attached hydrogen (secondary N) is 2. The van der Waals surface area contributed by atoms with Gasteiger partial charge in [0.25, 0.3) is 5.76 Å². The summed E-state index contributed by atoms with van der Waals surface area (Å²) in [4.78, 5) is 31.3. The molecule has 6 nitrogen and oxygen atoms in total. The van der Waals surface area contributed by atoms with Gasteiger partial charge in [0.15, 0.2) is 0 Å². The summed E-state index contributed by atoms with van der Waals surface area (Å²) in [5, 5.41) is 5.60. The van der Waals surface area contributed by atoms with Crippen LogP contribution in [0.2, 0.25) is 0 Å². The van der Waals surface area contributed by atoms with Gasteiger partial charge >= 0.3 is 0 Å². The number of hydrogen-bond acceptors (Lipinski definition) is 5. The molecule has 1 aromatic carbocycles. The van der Waals surface area contributed by atoms with Gasteiger partial charge in [-0.3, -0.25) is 14.5 Å². The average molecular weight is 499 g/mol. The molecule has 0 saturated carbocycles. The zero-order chi connectivity index (χ0) is 21.5. The molecule has 1 saturated heterocycles. The van der Waals surface area contributed by atoms with Crippen molar-refractivity contribution in [2.45, 2.75) is 23.5 Å². The highest BCUT2D eigenvalue weighted by Gasteiger charge is 2.26. The van der Waals surface area contributed by atoms with Gasteiger partial charge in [0.05, 0.1) is 6.54 Å². The van der Waals surface area contributed by atoms with Crippen LogP contribution in [0.15, 0.2) is 52.0 Å². The van der Waals surface area contributed by atoms with Crippen LogP contribution < -0.4 is 10.6 Å². The first-order valence-corrected chi connectivity index (χ1v) is 11.1. The predicted octanol–water partition coefficient (Wildman–Crippen LogP) is 4.45. The first-order valence-electron chi connectivity index (χ1n) is 9.38. The molecule has 2 N–H and O–H groups in total. The minimum Gasteiger partial charge on any atom is -0.325 e. The number of amides is 2. The van der Waals surface area contributed by atoms with E-state index in [0.29, 0.717) is 54.1 Å². The second kappa shape index (κ2) is 10.8. The molecule has 2 aromatic rings. The molecule has 10 heteroatoms. The molecule has 0 unspecified atom stereocenters. The van der Waals surface area contributed by atoms with Crippen LogP contribution in [-0.2, 0) is 9.59 Å². The number of benzene rings is 1. The Morgan fingerprint density at radius 3 is 2.43 bits per heavy atom. The lowest BCUT2D eigenvalue weighted by Crippen LogP contribution is -2.41. The van der Waals surface area contributed by atoms with E-state index in [1.54, 1.807) is 36.5 Å². The highest BCUT2D eigenvalue weighted by Crippen LogP contribution is 2.26. The Morgan fingerprint density at radius 1 is 1.13 bits per heavy atom. The second-order valence-electron chi connectivity index (χ2n) is 6.85. The third-order valence-corrected chi connectivity index (χ3v) is 5.86. The maximum atomic E-state index is 12.4. The first-order chi connectivity index (χ1) is 14.4. The number of thioether (sulfide) groups is 1. The van der Waals surface area contributed by atoms with Crippen molar-refractivity contribution in [2.24, 2.45) is 5.92 Å². The summed E-state index contributed by atoms with van der Waals surface area (Å²) in [5.41, 5.74) is 0.565. The molecule has 1 fully saturated rings. The van der Waals surface area contributed by atoms with Crippen molar-refractivity contribution < 1.29 is 18.4 Å². The molecule has 1 aliphatic rings. The normalized spacial score (nSPS) is 15.2. The van der Waals surface area contributed by atoms with E-state index in [1.165, 1.54) is 0 Å². The minimum absolute atomic E-state index is 0.0596. The van der Waals surface area contributed by atoms with E-state index in [4.69, 9.17) is 0 Å². The Kier molecular flexibility index (Phi) is 8.17. The molecule has 30 heavy (non-hydrogen) atoms. The van der Waals surface area contributed by atoms with Gasteiger partial charge in [0.1, 0.15) is 5.82 Å². The number of aromatic nitrogens is 1. The van der Waals surface area contributed by atoms with Crippen LogP contribution in [0.1, 0.15) is 12.8 Å². The van der Waals surface area contributed by atoms with Crippen LogP contribution in [0.4, 0.5) is 20.3 Å². The molecular formula is C20H21BrF2N4O2S. The van der Waals surface area contributed by atoms with E-state index in [1.807, 2.05) is 11.0 Å². The number of likely N-dealkylation sites (tertiary alicyclic amines) is 1. The van der Waals surface area contributed by atoms with E-state index in [9.17, 15) is 18.4 Å². The molecule has 0 aliphatic carbocycles. The van der Waals surface area contributed by atoms with Crippen molar-refractivity contribution in [1.29, 1.82) is 0 Å². The standard InChI is InChI=1S/C20H21BrF2N4O2S/c21-14-1-6-17(24-11-14)26-19(29)13-7-9-27(10-8-13)12-18(28)25-15-2-4-16(5-3-15)30-20(22)23/h1-6,11,13,20H,7-10,12H2,(H,25,28)(H,24,26,29). The number of carbonyl (C=O) groups excluding carboxylic acids is 2. The Morgan fingerprint density at radius 2 is 1.83 bits per heavy atom. The monoisotopic (exact) mass is 498 g/mol. The number of rotatable bonds is 7. The van der Waals surface area contributed by atoms with Crippen molar-refractivity contribution in [2.75, 3.05) is 30.3 Å². The molecule has 0 radical (unpaired) electrons. The van der Waals surface area contributed by atoms with Crippen LogP contribution in [-0.4, -0.2) is 47.1 Å². The van der Waals surface area contributed by atoms with Crippen LogP contribution in [0.5, 0.6) is 0 Å². The van der Waals surface area contributed by atoms with E-state index in [0.717, 1.165) is 4.47 Å². The molecule has 160 valence electrons. The van der Waals surface area contributed by atoms with Crippen LogP contribution in [0.25, 0.3) is 0 Å². The van der Waals surface area contributed by atoms with E-state index in [2.05, 4.69) is 31.5 Å². The van der Waals surface area contributed by atoms with Crippen LogP contribution in [0.3, 0.4) is 0 Å². The molecule has 1 aliphatic heterocycles. The Hall–Kier alpha value is -2.04. The number of hydrogen-bond donors (Lipinski definition) is 2. The molecule has 0 atom stereocenters. The predicted molar refractivity (Wildman–Crippen MR) is 117 cm³/mol. The molecule has 2 amide bonds. The fourth-order valence-corrected chi connectivity index (χ4v) is 3.89. The summed E-state index contributed by atoms with van der Waals surface area (Å²) in [7, 11) is 0. The lowest BCUT2D eigenvalue weighted by molar-refractivity contribution is -0.121. The SMILES string of the molecule is O=C(CN1CCC(C(=O)Nc2ccc(Br)cn2)CC1)Nc1ccc(SC(F)F)cc1. The molecular weight excluding hydrogens is 478 g/mol. The zero-order valence-corrected chi connectivity index (χ0v) is 18.4. The fourth-order valence-electron chi connectivity index (χ4n) is 3.15. The molecule has 2 heterocycles. The van der Waals surface area contributed by atoms with Gasteiger partial charge in [-0.2, -0.15) is 8.78 Å². The van der Waals surface area contributed by atoms with Crippen molar-refractivity contribution >= 4 is 51.0 Å². The summed E-state index contributed by atoms with van der Waals surface area (Å²) < 4.78 is 25.5. The van der Waals surface area contributed by atoms with Crippen LogP contribution >= 0.6 is 27.7 Å². The number of anilines is 2. The molecule has 0 spiro atoms. The maximum absolute atomic E-state index is 12.4. The third kappa shape index (κ3) is 7.03. The van der Waals surface area contributed by atoms with Crippen molar-refractivity contribution in [1.82, 2.24) is 9.88 Å². The van der Waals surface area contributed by atoms with Gasteiger partial charge in [0.2, 0.25) is 11.8 Å². The maximum Gasteiger partial charge on any atom is 0.288 e. The zero-order valence-electron chi connectivity index (χ0n) is 16.0. The topological polar surface area (TPSA) is 74.3 Å². The minimum atomic E-state index is -2.47. The third-order valence-electron chi connectivity index (χ3n) is 4.67. The summed E-state index contributed by atoms with van der Waals surface area (Å²) >= 11 is 3.77. The Balaban J connectivity index is 1.41. The number of nitrogens with zero attached hydrogens (tertiary/aromatic N) is 2. The number of pyridine rings is 1. The quantitative estimate of drug-likeness (QED) is 0.551.